The number of nitrogens with zero attached hydrogens (tertiary/aromatic N) is 2. The Balaban J connectivity index is 1.57. The lowest BCUT2D eigenvalue weighted by atomic mass is 10.2. The third-order valence-electron chi connectivity index (χ3n) is 4.21. The highest BCUT2D eigenvalue weighted by Crippen LogP contribution is 2.28. The van der Waals surface area contributed by atoms with Gasteiger partial charge in [0, 0.05) is 16.6 Å². The highest BCUT2D eigenvalue weighted by atomic mass is 35.5. The summed E-state index contributed by atoms with van der Waals surface area (Å²) in [5.41, 5.74) is 1.83. The fourth-order valence-electron chi connectivity index (χ4n) is 2.54. The first kappa shape index (κ1) is 19.1. The molecule has 3 aromatic rings. The molecule has 0 saturated carbocycles. The Morgan fingerprint density at radius 2 is 2.04 bits per heavy atom. The van der Waals surface area contributed by atoms with Crippen molar-refractivity contribution >= 4 is 50.7 Å². The molecule has 7 heteroatoms. The van der Waals surface area contributed by atoms with Crippen LogP contribution < -0.4 is 5.32 Å². The van der Waals surface area contributed by atoms with Crippen molar-refractivity contribution in [3.8, 4) is 0 Å². The van der Waals surface area contributed by atoms with E-state index in [1.165, 1.54) is 0 Å². The van der Waals surface area contributed by atoms with E-state index in [4.69, 9.17) is 23.2 Å². The minimum absolute atomic E-state index is 0.0530. The molecule has 26 heavy (non-hydrogen) atoms. The molecule has 0 radical (unpaired) electrons. The Morgan fingerprint density at radius 1 is 1.27 bits per heavy atom. The van der Waals surface area contributed by atoms with Gasteiger partial charge in [-0.1, -0.05) is 41.4 Å². The predicted molar refractivity (Wildman–Crippen MR) is 109 cm³/mol. The molecule has 0 aliphatic carbocycles. The van der Waals surface area contributed by atoms with Gasteiger partial charge in [0.15, 0.2) is 0 Å². The number of carbonyl (C=O) groups is 1. The lowest BCUT2D eigenvalue weighted by molar-refractivity contribution is -0.122. The molecule has 1 amide bonds. The van der Waals surface area contributed by atoms with Crippen LogP contribution in [0, 0.1) is 0 Å². The van der Waals surface area contributed by atoms with E-state index in [1.54, 1.807) is 23.5 Å². The van der Waals surface area contributed by atoms with E-state index in [0.717, 1.165) is 20.8 Å². The summed E-state index contributed by atoms with van der Waals surface area (Å²) in [7, 11) is 1.92. The zero-order chi connectivity index (χ0) is 18.7. The zero-order valence-electron chi connectivity index (χ0n) is 14.5. The molecule has 1 N–H and O–H groups in total. The Hall–Kier alpha value is -1.66. The summed E-state index contributed by atoms with van der Waals surface area (Å²) in [6.07, 6.45) is 0. The Morgan fingerprint density at radius 3 is 2.77 bits per heavy atom. The molecule has 3 rings (SSSR count). The van der Waals surface area contributed by atoms with Gasteiger partial charge in [-0.15, -0.1) is 11.3 Å². The van der Waals surface area contributed by atoms with Crippen LogP contribution in [0.5, 0.6) is 0 Å². The number of aromatic nitrogens is 1. The standard InChI is InChI=1S/C19H19Cl2N3OS/c1-12(19-23-16-5-3-4-6-17(16)26-19)24(2)11-18(25)22-10-13-7-8-14(20)9-15(13)21/h3-9,12H,10-11H2,1-2H3,(H,22,25)/t12-/m1/s1. The van der Waals surface area contributed by atoms with Gasteiger partial charge in [0.25, 0.3) is 0 Å². The van der Waals surface area contributed by atoms with Gasteiger partial charge in [0.05, 0.1) is 22.8 Å². The quantitative estimate of drug-likeness (QED) is 0.630. The topological polar surface area (TPSA) is 45.2 Å². The molecule has 0 aliphatic rings. The lowest BCUT2D eigenvalue weighted by Crippen LogP contribution is -2.36. The largest absolute Gasteiger partial charge is 0.351 e. The van der Waals surface area contributed by atoms with Crippen molar-refractivity contribution < 1.29 is 4.79 Å². The molecular weight excluding hydrogens is 389 g/mol. The molecule has 0 bridgehead atoms. The van der Waals surface area contributed by atoms with Gasteiger partial charge in [0.1, 0.15) is 5.01 Å². The second-order valence-electron chi connectivity index (χ2n) is 6.12. The van der Waals surface area contributed by atoms with Crippen LogP contribution in [-0.2, 0) is 11.3 Å². The fourth-order valence-corrected chi connectivity index (χ4v) is 4.10. The van der Waals surface area contributed by atoms with Gasteiger partial charge >= 0.3 is 0 Å². The molecule has 0 saturated heterocycles. The number of benzene rings is 2. The lowest BCUT2D eigenvalue weighted by Gasteiger charge is -2.22. The van der Waals surface area contributed by atoms with Crippen LogP contribution in [0.25, 0.3) is 10.2 Å². The molecule has 2 aromatic carbocycles. The number of carbonyl (C=O) groups excluding carboxylic acids is 1. The monoisotopic (exact) mass is 407 g/mol. The summed E-state index contributed by atoms with van der Waals surface area (Å²) < 4.78 is 1.16. The van der Waals surface area contributed by atoms with Crippen molar-refractivity contribution in [3.63, 3.8) is 0 Å². The van der Waals surface area contributed by atoms with Crippen LogP contribution in [0.2, 0.25) is 10.0 Å². The first-order valence-corrected chi connectivity index (χ1v) is 9.77. The van der Waals surface area contributed by atoms with E-state index in [0.29, 0.717) is 16.6 Å². The smallest absolute Gasteiger partial charge is 0.234 e. The van der Waals surface area contributed by atoms with Gasteiger partial charge in [-0.25, -0.2) is 4.98 Å². The first-order chi connectivity index (χ1) is 12.4. The number of likely N-dealkylation sites (N-methyl/N-ethyl adjacent to an activating group) is 1. The van der Waals surface area contributed by atoms with Crippen LogP contribution in [0.1, 0.15) is 23.5 Å². The minimum Gasteiger partial charge on any atom is -0.351 e. The number of rotatable bonds is 6. The number of nitrogens with one attached hydrogen (secondary N) is 1. The predicted octanol–water partition coefficient (Wildman–Crippen LogP) is 4.91. The second kappa shape index (κ2) is 8.35. The van der Waals surface area contributed by atoms with E-state index >= 15 is 0 Å². The highest BCUT2D eigenvalue weighted by Gasteiger charge is 2.18. The van der Waals surface area contributed by atoms with Gasteiger partial charge < -0.3 is 5.32 Å². The normalized spacial score (nSPS) is 12.5. The SMILES string of the molecule is C[C@H](c1nc2ccccc2s1)N(C)CC(=O)NCc1ccc(Cl)cc1Cl. The van der Waals surface area contributed by atoms with Crippen LogP contribution >= 0.6 is 34.5 Å². The Kier molecular flexibility index (Phi) is 6.14. The van der Waals surface area contributed by atoms with Gasteiger partial charge in [-0.05, 0) is 43.8 Å². The van der Waals surface area contributed by atoms with Crippen LogP contribution in [-0.4, -0.2) is 29.4 Å². The average Bonchev–Trinajstić information content (AvgIpc) is 3.04. The summed E-state index contributed by atoms with van der Waals surface area (Å²) in [6, 6.07) is 13.4. The zero-order valence-corrected chi connectivity index (χ0v) is 16.8. The van der Waals surface area contributed by atoms with E-state index in [9.17, 15) is 4.79 Å². The maximum absolute atomic E-state index is 12.3. The van der Waals surface area contributed by atoms with Crippen molar-refractivity contribution in [2.45, 2.75) is 19.5 Å². The van der Waals surface area contributed by atoms with Crippen molar-refractivity contribution in [3.05, 3.63) is 63.1 Å². The van der Waals surface area contributed by atoms with E-state index in [1.807, 2.05) is 36.2 Å². The molecule has 1 atom stereocenters. The van der Waals surface area contributed by atoms with Crippen molar-refractivity contribution in [1.29, 1.82) is 0 Å². The summed E-state index contributed by atoms with van der Waals surface area (Å²) in [6.45, 7) is 2.71. The molecule has 1 heterocycles. The number of thiazole rings is 1. The third-order valence-corrected chi connectivity index (χ3v) is 6.01. The van der Waals surface area contributed by atoms with Gasteiger partial charge in [-0.3, -0.25) is 9.69 Å². The van der Waals surface area contributed by atoms with Crippen molar-refractivity contribution in [1.82, 2.24) is 15.2 Å². The molecule has 0 unspecified atom stereocenters. The Bertz CT molecular complexity index is 895. The summed E-state index contributed by atoms with van der Waals surface area (Å²) >= 11 is 13.7. The number of para-hydroxylation sites is 1. The second-order valence-corrected chi connectivity index (χ2v) is 8.03. The van der Waals surface area contributed by atoms with E-state index in [2.05, 4.69) is 23.3 Å². The molecule has 0 spiro atoms. The van der Waals surface area contributed by atoms with Crippen LogP contribution in [0.4, 0.5) is 0 Å². The number of fused-ring (bicyclic) bond motifs is 1. The Labute approximate surface area is 166 Å². The van der Waals surface area contributed by atoms with Crippen molar-refractivity contribution in [2.75, 3.05) is 13.6 Å². The maximum Gasteiger partial charge on any atom is 0.234 e. The van der Waals surface area contributed by atoms with E-state index in [-0.39, 0.29) is 18.5 Å². The van der Waals surface area contributed by atoms with Crippen LogP contribution in [0.3, 0.4) is 0 Å². The highest BCUT2D eigenvalue weighted by molar-refractivity contribution is 7.18. The third kappa shape index (κ3) is 4.54. The first-order valence-electron chi connectivity index (χ1n) is 8.20. The molecule has 1 aromatic heterocycles. The fraction of sp³-hybridized carbons (Fsp3) is 0.263. The van der Waals surface area contributed by atoms with Gasteiger partial charge in [0.2, 0.25) is 5.91 Å². The average molecular weight is 408 g/mol. The molecule has 0 fully saturated rings. The molecular formula is C19H19Cl2N3OS. The number of halogens is 2. The van der Waals surface area contributed by atoms with Gasteiger partial charge in [-0.2, -0.15) is 0 Å². The van der Waals surface area contributed by atoms with Crippen LogP contribution in [0.15, 0.2) is 42.5 Å². The molecule has 136 valence electrons. The molecule has 0 aliphatic heterocycles. The number of amides is 1. The van der Waals surface area contributed by atoms with Crippen molar-refractivity contribution in [2.24, 2.45) is 0 Å². The minimum atomic E-state index is -0.0634. The maximum atomic E-state index is 12.3. The summed E-state index contributed by atoms with van der Waals surface area (Å²) in [4.78, 5) is 18.9. The number of hydrogen-bond donors (Lipinski definition) is 1. The number of hydrogen-bond acceptors (Lipinski definition) is 4. The summed E-state index contributed by atoms with van der Waals surface area (Å²) in [5, 5.41) is 5.03. The van der Waals surface area contributed by atoms with E-state index < -0.39 is 0 Å². The summed E-state index contributed by atoms with van der Waals surface area (Å²) in [5.74, 6) is -0.0634. The molecule has 4 nitrogen and oxygen atoms in total.